The summed E-state index contributed by atoms with van der Waals surface area (Å²) in [6, 6.07) is 20.4. The molecule has 7 heteroatoms. The highest BCUT2D eigenvalue weighted by molar-refractivity contribution is 6.35. The number of hydrogen-bond donors (Lipinski definition) is 0. The van der Waals surface area contributed by atoms with Crippen molar-refractivity contribution in [1.29, 1.82) is 0 Å². The van der Waals surface area contributed by atoms with E-state index in [1.165, 1.54) is 6.07 Å². The van der Waals surface area contributed by atoms with Gasteiger partial charge in [-0.05, 0) is 48.0 Å². The minimum absolute atomic E-state index is 0.196. The number of nitrogens with zero attached hydrogens (tertiary/aromatic N) is 2. The number of aryl methyl sites for hydroxylation is 1. The number of carbonyl (C=O) groups is 1. The van der Waals surface area contributed by atoms with Crippen molar-refractivity contribution in [2.24, 2.45) is 0 Å². The molecule has 0 bridgehead atoms. The SMILES string of the molecule is Cc1cc(OC(=O)c2cc(Cl)ccc2Cl)n(CCOc2ccc3ccccc3c2)n1. The zero-order chi connectivity index (χ0) is 21.1. The Hall–Kier alpha value is -3.02. The van der Waals surface area contributed by atoms with E-state index < -0.39 is 5.97 Å². The second-order valence-electron chi connectivity index (χ2n) is 6.72. The van der Waals surface area contributed by atoms with Gasteiger partial charge >= 0.3 is 5.97 Å². The minimum Gasteiger partial charge on any atom is -0.492 e. The van der Waals surface area contributed by atoms with Crippen molar-refractivity contribution >= 4 is 39.9 Å². The number of fused-ring (bicyclic) bond motifs is 1. The van der Waals surface area contributed by atoms with E-state index in [0.29, 0.717) is 24.1 Å². The molecule has 0 aliphatic heterocycles. The first-order valence-corrected chi connectivity index (χ1v) is 10.1. The third-order valence-electron chi connectivity index (χ3n) is 4.50. The normalized spacial score (nSPS) is 10.9. The molecule has 0 radical (unpaired) electrons. The lowest BCUT2D eigenvalue weighted by atomic mass is 10.1. The van der Waals surface area contributed by atoms with Gasteiger partial charge < -0.3 is 9.47 Å². The van der Waals surface area contributed by atoms with Crippen molar-refractivity contribution in [3.05, 3.63) is 88.0 Å². The number of ether oxygens (including phenoxy) is 2. The molecule has 3 aromatic carbocycles. The topological polar surface area (TPSA) is 53.4 Å². The van der Waals surface area contributed by atoms with Gasteiger partial charge in [0.2, 0.25) is 5.88 Å². The van der Waals surface area contributed by atoms with Crippen LogP contribution in [-0.4, -0.2) is 22.4 Å². The number of halogens is 2. The average molecular weight is 441 g/mol. The molecule has 4 aromatic rings. The predicted octanol–water partition coefficient (Wildman–Crippen LogP) is 5.95. The minimum atomic E-state index is -0.598. The van der Waals surface area contributed by atoms with E-state index in [0.717, 1.165) is 22.2 Å². The van der Waals surface area contributed by atoms with Crippen LogP contribution in [-0.2, 0) is 6.54 Å². The molecule has 30 heavy (non-hydrogen) atoms. The van der Waals surface area contributed by atoms with E-state index in [1.807, 2.05) is 43.3 Å². The highest BCUT2D eigenvalue weighted by Gasteiger charge is 2.17. The summed E-state index contributed by atoms with van der Waals surface area (Å²) in [6.45, 7) is 2.60. The molecule has 0 saturated heterocycles. The molecule has 0 atom stereocenters. The maximum Gasteiger partial charge on any atom is 0.346 e. The van der Waals surface area contributed by atoms with Crippen LogP contribution in [0.15, 0.2) is 66.7 Å². The van der Waals surface area contributed by atoms with Crippen LogP contribution in [0.5, 0.6) is 11.6 Å². The number of rotatable bonds is 6. The van der Waals surface area contributed by atoms with E-state index >= 15 is 0 Å². The Morgan fingerprint density at radius 3 is 2.63 bits per heavy atom. The molecule has 0 fully saturated rings. The van der Waals surface area contributed by atoms with E-state index in [9.17, 15) is 4.79 Å². The summed E-state index contributed by atoms with van der Waals surface area (Å²) in [5.74, 6) is 0.483. The van der Waals surface area contributed by atoms with Gasteiger partial charge in [-0.3, -0.25) is 0 Å². The predicted molar refractivity (Wildman–Crippen MR) is 118 cm³/mol. The Bertz CT molecular complexity index is 1220. The first kappa shape index (κ1) is 20.3. The summed E-state index contributed by atoms with van der Waals surface area (Å²) in [6.07, 6.45) is 0. The van der Waals surface area contributed by atoms with Crippen LogP contribution in [0.25, 0.3) is 10.8 Å². The van der Waals surface area contributed by atoms with Crippen LogP contribution < -0.4 is 9.47 Å². The zero-order valence-corrected chi connectivity index (χ0v) is 17.7. The Balaban J connectivity index is 1.43. The number of carbonyl (C=O) groups excluding carboxylic acids is 1. The van der Waals surface area contributed by atoms with Crippen LogP contribution in [0.2, 0.25) is 10.0 Å². The first-order valence-electron chi connectivity index (χ1n) is 9.33. The molecule has 1 heterocycles. The van der Waals surface area contributed by atoms with E-state index in [4.69, 9.17) is 32.7 Å². The van der Waals surface area contributed by atoms with Gasteiger partial charge in [0.05, 0.1) is 22.8 Å². The molecule has 4 rings (SSSR count). The molecule has 0 aliphatic carbocycles. The van der Waals surface area contributed by atoms with Gasteiger partial charge in [-0.25, -0.2) is 9.48 Å². The molecular formula is C23H18Cl2N2O3. The molecule has 5 nitrogen and oxygen atoms in total. The lowest BCUT2D eigenvalue weighted by Gasteiger charge is -2.10. The molecule has 152 valence electrons. The van der Waals surface area contributed by atoms with E-state index in [1.54, 1.807) is 22.9 Å². The van der Waals surface area contributed by atoms with Gasteiger partial charge in [0.15, 0.2) is 0 Å². The fourth-order valence-electron chi connectivity index (χ4n) is 3.08. The van der Waals surface area contributed by atoms with Crippen molar-refractivity contribution in [3.8, 4) is 11.6 Å². The van der Waals surface area contributed by atoms with Crippen LogP contribution in [0.1, 0.15) is 16.1 Å². The number of hydrogen-bond acceptors (Lipinski definition) is 4. The van der Waals surface area contributed by atoms with Crippen LogP contribution >= 0.6 is 23.2 Å². The van der Waals surface area contributed by atoms with Gasteiger partial charge in [0, 0.05) is 11.1 Å². The number of aromatic nitrogens is 2. The molecule has 0 unspecified atom stereocenters. The Kier molecular flexibility index (Phi) is 5.93. The van der Waals surface area contributed by atoms with Crippen LogP contribution in [0.4, 0.5) is 0 Å². The number of benzene rings is 3. The largest absolute Gasteiger partial charge is 0.492 e. The second-order valence-corrected chi connectivity index (χ2v) is 7.56. The van der Waals surface area contributed by atoms with Gasteiger partial charge in [-0.15, -0.1) is 0 Å². The first-order chi connectivity index (χ1) is 14.5. The summed E-state index contributed by atoms with van der Waals surface area (Å²) in [7, 11) is 0. The Labute approximate surface area is 183 Å². The highest BCUT2D eigenvalue weighted by Crippen LogP contribution is 2.24. The molecule has 0 saturated carbocycles. The summed E-state index contributed by atoms with van der Waals surface area (Å²) in [5, 5.41) is 7.31. The second kappa shape index (κ2) is 8.78. The van der Waals surface area contributed by atoms with Crippen molar-refractivity contribution in [1.82, 2.24) is 9.78 Å². The summed E-state index contributed by atoms with van der Waals surface area (Å²) in [5.41, 5.74) is 0.919. The van der Waals surface area contributed by atoms with Crippen molar-refractivity contribution < 1.29 is 14.3 Å². The van der Waals surface area contributed by atoms with Gasteiger partial charge in [0.1, 0.15) is 12.4 Å². The average Bonchev–Trinajstić information content (AvgIpc) is 3.08. The maximum atomic E-state index is 12.5. The summed E-state index contributed by atoms with van der Waals surface area (Å²) in [4.78, 5) is 12.5. The van der Waals surface area contributed by atoms with Gasteiger partial charge in [-0.1, -0.05) is 53.5 Å². The van der Waals surface area contributed by atoms with Crippen molar-refractivity contribution in [2.45, 2.75) is 13.5 Å². The zero-order valence-electron chi connectivity index (χ0n) is 16.1. The molecule has 0 aliphatic rings. The Morgan fingerprint density at radius 1 is 1.00 bits per heavy atom. The summed E-state index contributed by atoms with van der Waals surface area (Å²) >= 11 is 12.1. The monoisotopic (exact) mass is 440 g/mol. The summed E-state index contributed by atoms with van der Waals surface area (Å²) < 4.78 is 13.0. The maximum absolute atomic E-state index is 12.5. The standard InChI is InChI=1S/C23H18Cl2N2O3/c1-15-12-22(30-23(28)20-14-18(24)7-9-21(20)25)27(26-15)10-11-29-19-8-6-16-4-2-3-5-17(16)13-19/h2-9,12-14H,10-11H2,1H3. The fraction of sp³-hybridized carbons (Fsp3) is 0.130. The lowest BCUT2D eigenvalue weighted by Crippen LogP contribution is -2.15. The smallest absolute Gasteiger partial charge is 0.346 e. The highest BCUT2D eigenvalue weighted by atomic mass is 35.5. The van der Waals surface area contributed by atoms with Gasteiger partial charge in [-0.2, -0.15) is 5.10 Å². The third-order valence-corrected chi connectivity index (χ3v) is 5.07. The quantitative estimate of drug-likeness (QED) is 0.347. The number of esters is 1. The molecular weight excluding hydrogens is 423 g/mol. The van der Waals surface area contributed by atoms with Gasteiger partial charge in [0.25, 0.3) is 0 Å². The molecule has 0 amide bonds. The van der Waals surface area contributed by atoms with Crippen LogP contribution in [0.3, 0.4) is 0 Å². The van der Waals surface area contributed by atoms with E-state index in [-0.39, 0.29) is 10.6 Å². The third kappa shape index (κ3) is 4.58. The van der Waals surface area contributed by atoms with Crippen molar-refractivity contribution in [2.75, 3.05) is 6.61 Å². The lowest BCUT2D eigenvalue weighted by molar-refractivity contribution is 0.0716. The molecule has 0 N–H and O–H groups in total. The van der Waals surface area contributed by atoms with Crippen LogP contribution in [0, 0.1) is 6.92 Å². The molecule has 1 aromatic heterocycles. The molecule has 0 spiro atoms. The Morgan fingerprint density at radius 2 is 1.80 bits per heavy atom. The van der Waals surface area contributed by atoms with E-state index in [2.05, 4.69) is 11.2 Å². The fourth-order valence-corrected chi connectivity index (χ4v) is 3.44. The van der Waals surface area contributed by atoms with Crippen molar-refractivity contribution in [3.63, 3.8) is 0 Å².